The van der Waals surface area contributed by atoms with Crippen molar-refractivity contribution in [1.29, 1.82) is 5.41 Å². The second-order valence-electron chi connectivity index (χ2n) is 4.60. The molecule has 0 saturated heterocycles. The molecule has 0 aliphatic rings. The summed E-state index contributed by atoms with van der Waals surface area (Å²) >= 11 is 1.56. The second kappa shape index (κ2) is 5.02. The molecule has 5 heteroatoms. The zero-order valence-corrected chi connectivity index (χ0v) is 11.8. The van der Waals surface area contributed by atoms with Crippen LogP contribution in [0.2, 0.25) is 0 Å². The number of hydrogen-bond donors (Lipinski definition) is 3. The van der Waals surface area contributed by atoms with Crippen LogP contribution in [0, 0.1) is 12.3 Å². The number of aryl methyl sites for hydroxylation is 1. The predicted octanol–water partition coefficient (Wildman–Crippen LogP) is 3.31. The van der Waals surface area contributed by atoms with Gasteiger partial charge in [-0.2, -0.15) is 0 Å². The lowest BCUT2D eigenvalue weighted by Crippen LogP contribution is -2.10. The Morgan fingerprint density at radius 2 is 1.95 bits per heavy atom. The van der Waals surface area contributed by atoms with Crippen molar-refractivity contribution in [2.24, 2.45) is 5.73 Å². The van der Waals surface area contributed by atoms with E-state index in [1.807, 2.05) is 30.3 Å². The maximum Gasteiger partial charge on any atom is 0.171 e. The number of hydrogen-bond acceptors (Lipinski definition) is 3. The number of nitrogens with two attached hydrogens (primary N) is 1. The number of nitrogen functional groups attached to an aromatic ring is 1. The van der Waals surface area contributed by atoms with E-state index in [0.717, 1.165) is 26.6 Å². The summed E-state index contributed by atoms with van der Waals surface area (Å²) in [5, 5.41) is 8.23. The average Bonchev–Trinajstić information content (AvgIpc) is 2.80. The lowest BCUT2D eigenvalue weighted by molar-refractivity contribution is 1.08. The molecule has 4 nitrogen and oxygen atoms in total. The average molecular weight is 282 g/mol. The van der Waals surface area contributed by atoms with E-state index in [2.05, 4.69) is 29.0 Å². The van der Waals surface area contributed by atoms with Crippen molar-refractivity contribution >= 4 is 28.6 Å². The van der Waals surface area contributed by atoms with Crippen LogP contribution in [0.4, 0.5) is 0 Å². The fourth-order valence-electron chi connectivity index (χ4n) is 1.96. The van der Waals surface area contributed by atoms with Crippen LogP contribution in [0.5, 0.6) is 0 Å². The zero-order valence-electron chi connectivity index (χ0n) is 11.0. The molecule has 3 aromatic rings. The molecule has 0 aliphatic heterocycles. The van der Waals surface area contributed by atoms with Crippen LogP contribution in [-0.4, -0.2) is 15.8 Å². The van der Waals surface area contributed by atoms with Gasteiger partial charge >= 0.3 is 0 Å². The molecule has 0 radical (unpaired) electrons. The van der Waals surface area contributed by atoms with Crippen molar-refractivity contribution in [1.82, 2.24) is 9.97 Å². The first-order valence-electron chi connectivity index (χ1n) is 6.20. The minimum atomic E-state index is 0.0840. The number of aromatic nitrogens is 2. The van der Waals surface area contributed by atoms with Gasteiger partial charge in [0.1, 0.15) is 5.84 Å². The number of nitrogens with zero attached hydrogens (tertiary/aromatic N) is 1. The summed E-state index contributed by atoms with van der Waals surface area (Å²) in [6, 6.07) is 13.7. The van der Waals surface area contributed by atoms with E-state index in [1.165, 1.54) is 5.56 Å². The molecule has 0 aliphatic carbocycles. The van der Waals surface area contributed by atoms with Crippen molar-refractivity contribution in [3.8, 4) is 0 Å². The summed E-state index contributed by atoms with van der Waals surface area (Å²) in [6.45, 7) is 2.06. The number of H-pyrrole nitrogens is 1. The molecule has 2 aromatic carbocycles. The minimum absolute atomic E-state index is 0.0840. The topological polar surface area (TPSA) is 78.6 Å². The Morgan fingerprint density at radius 3 is 2.65 bits per heavy atom. The third-order valence-corrected chi connectivity index (χ3v) is 3.89. The fourth-order valence-corrected chi connectivity index (χ4v) is 2.76. The molecule has 0 atom stereocenters. The number of rotatable bonds is 3. The van der Waals surface area contributed by atoms with Crippen LogP contribution in [0.3, 0.4) is 0 Å². The first-order valence-corrected chi connectivity index (χ1v) is 7.02. The van der Waals surface area contributed by atoms with Crippen LogP contribution < -0.4 is 5.73 Å². The van der Waals surface area contributed by atoms with Gasteiger partial charge in [0.25, 0.3) is 0 Å². The van der Waals surface area contributed by atoms with Crippen LogP contribution in [0.15, 0.2) is 52.5 Å². The molecule has 1 heterocycles. The van der Waals surface area contributed by atoms with E-state index in [9.17, 15) is 0 Å². The van der Waals surface area contributed by atoms with Crippen LogP contribution in [-0.2, 0) is 0 Å². The van der Waals surface area contributed by atoms with Crippen molar-refractivity contribution in [2.45, 2.75) is 17.0 Å². The van der Waals surface area contributed by atoms with E-state index in [4.69, 9.17) is 11.1 Å². The highest BCUT2D eigenvalue weighted by atomic mass is 32.2. The summed E-state index contributed by atoms with van der Waals surface area (Å²) < 4.78 is 0. The molecule has 4 N–H and O–H groups in total. The monoisotopic (exact) mass is 282 g/mol. The number of aromatic amines is 1. The van der Waals surface area contributed by atoms with Gasteiger partial charge in [0.2, 0.25) is 0 Å². The van der Waals surface area contributed by atoms with E-state index in [-0.39, 0.29) is 5.84 Å². The normalized spacial score (nSPS) is 10.8. The number of amidine groups is 1. The first-order chi connectivity index (χ1) is 9.61. The van der Waals surface area contributed by atoms with Gasteiger partial charge in [-0.15, -0.1) is 0 Å². The van der Waals surface area contributed by atoms with Gasteiger partial charge < -0.3 is 10.7 Å². The molecular weight excluding hydrogens is 268 g/mol. The quantitative estimate of drug-likeness (QED) is 0.509. The summed E-state index contributed by atoms with van der Waals surface area (Å²) in [6.07, 6.45) is 0. The van der Waals surface area contributed by atoms with Gasteiger partial charge in [-0.25, -0.2) is 4.98 Å². The fraction of sp³-hybridized carbons (Fsp3) is 0.0667. The SMILES string of the molecule is Cc1ccc2nc(Sc3ccc(C(=N)N)cc3)[nH]c2c1. The smallest absolute Gasteiger partial charge is 0.171 e. The molecule has 3 rings (SSSR count). The number of imidazole rings is 1. The van der Waals surface area contributed by atoms with Gasteiger partial charge in [-0.05, 0) is 36.8 Å². The molecule has 0 fully saturated rings. The molecule has 0 saturated carbocycles. The third-order valence-electron chi connectivity index (χ3n) is 3.00. The Labute approximate surface area is 120 Å². The Bertz CT molecular complexity index is 774. The Hall–Kier alpha value is -2.27. The zero-order chi connectivity index (χ0) is 14.1. The van der Waals surface area contributed by atoms with Crippen molar-refractivity contribution in [3.05, 3.63) is 53.6 Å². The van der Waals surface area contributed by atoms with Crippen molar-refractivity contribution in [2.75, 3.05) is 0 Å². The van der Waals surface area contributed by atoms with E-state index in [0.29, 0.717) is 0 Å². The molecule has 1 aromatic heterocycles. The molecule has 0 spiro atoms. The highest BCUT2D eigenvalue weighted by molar-refractivity contribution is 7.99. The molecular formula is C15H14N4S. The summed E-state index contributed by atoms with van der Waals surface area (Å²) in [5.41, 5.74) is 9.40. The highest BCUT2D eigenvalue weighted by Gasteiger charge is 2.05. The van der Waals surface area contributed by atoms with Gasteiger partial charge in [0, 0.05) is 10.5 Å². The van der Waals surface area contributed by atoms with Crippen LogP contribution >= 0.6 is 11.8 Å². The third kappa shape index (κ3) is 2.53. The van der Waals surface area contributed by atoms with Crippen molar-refractivity contribution < 1.29 is 0 Å². The molecule has 20 heavy (non-hydrogen) atoms. The lowest BCUT2D eigenvalue weighted by Gasteiger charge is -2.00. The molecule has 100 valence electrons. The predicted molar refractivity (Wildman–Crippen MR) is 82.4 cm³/mol. The van der Waals surface area contributed by atoms with E-state index >= 15 is 0 Å². The molecule has 0 amide bonds. The summed E-state index contributed by atoms with van der Waals surface area (Å²) in [5.74, 6) is 0.0840. The van der Waals surface area contributed by atoms with Crippen LogP contribution in [0.25, 0.3) is 11.0 Å². The number of fused-ring (bicyclic) bond motifs is 1. The van der Waals surface area contributed by atoms with Gasteiger partial charge in [0.15, 0.2) is 5.16 Å². The Kier molecular flexibility index (Phi) is 3.20. The minimum Gasteiger partial charge on any atom is -0.384 e. The standard InChI is InChI=1S/C15H14N4S/c1-9-2-7-12-13(8-9)19-15(18-12)20-11-5-3-10(4-6-11)14(16)17/h2-8H,1H3,(H3,16,17)(H,18,19). The number of nitrogens with one attached hydrogen (secondary N) is 2. The maximum atomic E-state index is 7.37. The van der Waals surface area contributed by atoms with Gasteiger partial charge in [-0.3, -0.25) is 5.41 Å². The largest absolute Gasteiger partial charge is 0.384 e. The van der Waals surface area contributed by atoms with E-state index in [1.54, 1.807) is 11.8 Å². The lowest BCUT2D eigenvalue weighted by atomic mass is 10.2. The number of benzene rings is 2. The van der Waals surface area contributed by atoms with Crippen molar-refractivity contribution in [3.63, 3.8) is 0 Å². The highest BCUT2D eigenvalue weighted by Crippen LogP contribution is 2.27. The molecule has 0 unspecified atom stereocenters. The first kappa shape index (κ1) is 12.7. The van der Waals surface area contributed by atoms with E-state index < -0.39 is 0 Å². The van der Waals surface area contributed by atoms with Crippen LogP contribution in [0.1, 0.15) is 11.1 Å². The Morgan fingerprint density at radius 1 is 1.20 bits per heavy atom. The Balaban J connectivity index is 1.87. The maximum absolute atomic E-state index is 7.37. The molecule has 0 bridgehead atoms. The second-order valence-corrected chi connectivity index (χ2v) is 5.66. The summed E-state index contributed by atoms with van der Waals surface area (Å²) in [4.78, 5) is 8.92. The van der Waals surface area contributed by atoms with Gasteiger partial charge in [0.05, 0.1) is 11.0 Å². The van der Waals surface area contributed by atoms with Gasteiger partial charge in [-0.1, -0.05) is 30.0 Å². The summed E-state index contributed by atoms with van der Waals surface area (Å²) in [7, 11) is 0.